The van der Waals surface area contributed by atoms with Gasteiger partial charge in [-0.2, -0.15) is 5.10 Å². The number of benzene rings is 1. The summed E-state index contributed by atoms with van der Waals surface area (Å²) >= 11 is 0. The molecule has 0 atom stereocenters. The van der Waals surface area contributed by atoms with Crippen LogP contribution in [0.4, 0.5) is 0 Å². The van der Waals surface area contributed by atoms with Gasteiger partial charge in [-0.25, -0.2) is 10.4 Å². The molecule has 1 aromatic carbocycles. The van der Waals surface area contributed by atoms with Crippen LogP contribution in [0.15, 0.2) is 34.4 Å². The van der Waals surface area contributed by atoms with Gasteiger partial charge in [-0.15, -0.1) is 0 Å². The van der Waals surface area contributed by atoms with Crippen LogP contribution in [0.2, 0.25) is 0 Å². The Labute approximate surface area is 118 Å². The van der Waals surface area contributed by atoms with Crippen molar-refractivity contribution in [1.29, 1.82) is 0 Å². The maximum absolute atomic E-state index is 9.16. The van der Waals surface area contributed by atoms with Gasteiger partial charge in [0, 0.05) is 17.8 Å². The quantitative estimate of drug-likeness (QED) is 0.805. The zero-order valence-corrected chi connectivity index (χ0v) is 11.9. The average molecular weight is 272 g/mol. The Kier molecular flexibility index (Phi) is 4.53. The zero-order chi connectivity index (χ0) is 14.5. The van der Waals surface area contributed by atoms with Crippen molar-refractivity contribution in [2.45, 2.75) is 19.9 Å². The van der Waals surface area contributed by atoms with E-state index < -0.39 is 0 Å². The molecule has 0 spiro atoms. The Balaban J connectivity index is 2.46. The van der Waals surface area contributed by atoms with E-state index in [2.05, 4.69) is 22.1 Å². The predicted molar refractivity (Wildman–Crippen MR) is 82.6 cm³/mol. The summed E-state index contributed by atoms with van der Waals surface area (Å²) in [7, 11) is 0. The second-order valence-corrected chi connectivity index (χ2v) is 4.86. The Bertz CT molecular complexity index is 634. The third kappa shape index (κ3) is 3.05. The highest BCUT2D eigenvalue weighted by Gasteiger charge is 2.16. The van der Waals surface area contributed by atoms with E-state index in [1.54, 1.807) is 6.21 Å². The van der Waals surface area contributed by atoms with Crippen LogP contribution in [0.25, 0.3) is 12.3 Å². The molecule has 106 valence electrons. The van der Waals surface area contributed by atoms with Gasteiger partial charge in [0.2, 0.25) is 5.96 Å². The van der Waals surface area contributed by atoms with Gasteiger partial charge in [0.05, 0.1) is 18.5 Å². The lowest BCUT2D eigenvalue weighted by atomic mass is 10.2. The van der Waals surface area contributed by atoms with E-state index in [4.69, 9.17) is 5.11 Å². The molecule has 1 aromatic rings. The largest absolute Gasteiger partial charge is 0.395 e. The first-order valence-electron chi connectivity index (χ1n) is 6.67. The fraction of sp³-hybridized carbons (Fsp3) is 0.333. The lowest BCUT2D eigenvalue weighted by molar-refractivity contribution is 0.227. The van der Waals surface area contributed by atoms with Crippen LogP contribution < -0.4 is 15.9 Å². The number of aliphatic hydroxyl groups is 1. The van der Waals surface area contributed by atoms with Crippen LogP contribution in [0.5, 0.6) is 0 Å². The van der Waals surface area contributed by atoms with Crippen LogP contribution >= 0.6 is 0 Å². The standard InChI is InChI=1S/C15H20N4O/c1-11(2)19(8-9-20)15-17-14(10-16-18-15)13-7-5-4-6-12(13)3/h4-7,10-11,20H,3,8-9H2,1-2H3,(H,17,18). The number of aliphatic imine (C=N–C) groups is 1. The molecule has 0 amide bonds. The molecule has 20 heavy (non-hydrogen) atoms. The van der Waals surface area contributed by atoms with Crippen molar-refractivity contribution in [2.75, 3.05) is 13.2 Å². The molecule has 0 saturated carbocycles. The van der Waals surface area contributed by atoms with Crippen molar-refractivity contribution in [2.24, 2.45) is 10.1 Å². The van der Waals surface area contributed by atoms with Crippen molar-refractivity contribution >= 4 is 24.5 Å². The molecule has 0 radical (unpaired) electrons. The third-order valence-corrected chi connectivity index (χ3v) is 3.11. The van der Waals surface area contributed by atoms with Gasteiger partial charge >= 0.3 is 0 Å². The minimum atomic E-state index is 0.0733. The number of hydrogen-bond acceptors (Lipinski definition) is 5. The summed E-state index contributed by atoms with van der Waals surface area (Å²) in [6, 6.07) is 8.04. The van der Waals surface area contributed by atoms with E-state index in [1.807, 2.05) is 43.0 Å². The minimum absolute atomic E-state index is 0.0733. The van der Waals surface area contributed by atoms with Gasteiger partial charge in [0.1, 0.15) is 0 Å². The third-order valence-electron chi connectivity index (χ3n) is 3.11. The summed E-state index contributed by atoms with van der Waals surface area (Å²) < 4.78 is 0. The van der Waals surface area contributed by atoms with Crippen LogP contribution in [0.3, 0.4) is 0 Å². The van der Waals surface area contributed by atoms with Crippen molar-refractivity contribution in [3.63, 3.8) is 0 Å². The summed E-state index contributed by atoms with van der Waals surface area (Å²) in [6.07, 6.45) is 1.69. The molecule has 0 bridgehead atoms. The van der Waals surface area contributed by atoms with Gasteiger partial charge in [0.25, 0.3) is 0 Å². The molecule has 5 heteroatoms. The summed E-state index contributed by atoms with van der Waals surface area (Å²) in [6.45, 7) is 8.69. The highest BCUT2D eigenvalue weighted by Crippen LogP contribution is 2.04. The lowest BCUT2D eigenvalue weighted by Gasteiger charge is -2.29. The van der Waals surface area contributed by atoms with E-state index in [0.29, 0.717) is 12.5 Å². The number of guanidine groups is 1. The lowest BCUT2D eigenvalue weighted by Crippen LogP contribution is -2.46. The Morgan fingerprint density at radius 2 is 2.10 bits per heavy atom. The molecule has 0 fully saturated rings. The number of rotatable bonds is 3. The maximum atomic E-state index is 9.16. The van der Waals surface area contributed by atoms with Gasteiger partial charge in [0.15, 0.2) is 0 Å². The van der Waals surface area contributed by atoms with Crippen LogP contribution in [-0.2, 0) is 0 Å². The smallest absolute Gasteiger partial charge is 0.220 e. The maximum Gasteiger partial charge on any atom is 0.220 e. The fourth-order valence-electron chi connectivity index (χ4n) is 2.06. The van der Waals surface area contributed by atoms with Crippen molar-refractivity contribution in [1.82, 2.24) is 10.3 Å². The van der Waals surface area contributed by atoms with Gasteiger partial charge in [-0.05, 0) is 19.1 Å². The monoisotopic (exact) mass is 272 g/mol. The van der Waals surface area contributed by atoms with Crippen molar-refractivity contribution in [3.05, 3.63) is 34.7 Å². The molecule has 0 aromatic heterocycles. The summed E-state index contributed by atoms with van der Waals surface area (Å²) in [5, 5.41) is 15.2. The Morgan fingerprint density at radius 3 is 2.75 bits per heavy atom. The van der Waals surface area contributed by atoms with Crippen LogP contribution in [0.1, 0.15) is 13.8 Å². The number of nitrogens with zero attached hydrogens (tertiary/aromatic N) is 3. The number of hydrogen-bond donors (Lipinski definition) is 2. The Hall–Kier alpha value is -2.14. The molecule has 2 rings (SSSR count). The normalized spacial score (nSPS) is 16.9. The summed E-state index contributed by atoms with van der Waals surface area (Å²) in [4.78, 5) is 6.58. The molecule has 1 aliphatic heterocycles. The average Bonchev–Trinajstić information content (AvgIpc) is 2.45. The molecule has 0 saturated heterocycles. The highest BCUT2D eigenvalue weighted by atomic mass is 16.3. The van der Waals surface area contributed by atoms with E-state index in [1.165, 1.54) is 0 Å². The highest BCUT2D eigenvalue weighted by molar-refractivity contribution is 6.07. The number of hydrazone groups is 1. The zero-order valence-electron chi connectivity index (χ0n) is 11.9. The van der Waals surface area contributed by atoms with Gasteiger partial charge in [-0.3, -0.25) is 0 Å². The molecule has 5 nitrogen and oxygen atoms in total. The first kappa shape index (κ1) is 14.3. The van der Waals surface area contributed by atoms with Crippen LogP contribution in [-0.4, -0.2) is 41.4 Å². The number of nitrogens with one attached hydrogen (secondary N) is 1. The second-order valence-electron chi connectivity index (χ2n) is 4.86. The van der Waals surface area contributed by atoms with Crippen molar-refractivity contribution < 1.29 is 5.11 Å². The minimum Gasteiger partial charge on any atom is -0.395 e. The number of aliphatic hydroxyl groups excluding tert-OH is 1. The molecule has 1 heterocycles. The fourth-order valence-corrected chi connectivity index (χ4v) is 2.06. The van der Waals surface area contributed by atoms with Crippen LogP contribution in [0, 0.1) is 0 Å². The van der Waals surface area contributed by atoms with E-state index >= 15 is 0 Å². The summed E-state index contributed by atoms with van der Waals surface area (Å²) in [5.74, 6) is 0.648. The first-order chi connectivity index (χ1) is 9.63. The molecule has 0 aliphatic carbocycles. The molecular formula is C15H20N4O. The molecule has 0 unspecified atom stereocenters. The van der Waals surface area contributed by atoms with E-state index in [-0.39, 0.29) is 12.6 Å². The second kappa shape index (κ2) is 6.34. The topological polar surface area (TPSA) is 60.2 Å². The Morgan fingerprint density at radius 1 is 1.35 bits per heavy atom. The van der Waals surface area contributed by atoms with E-state index in [0.717, 1.165) is 16.1 Å². The summed E-state index contributed by atoms with van der Waals surface area (Å²) in [5.41, 5.74) is 3.67. The van der Waals surface area contributed by atoms with Gasteiger partial charge < -0.3 is 10.0 Å². The predicted octanol–water partition coefficient (Wildman–Crippen LogP) is -0.147. The SMILES string of the molecule is C=c1ccccc1=C1C=NNC(N(CCO)C(C)C)=N1. The first-order valence-corrected chi connectivity index (χ1v) is 6.67. The molecular weight excluding hydrogens is 252 g/mol. The van der Waals surface area contributed by atoms with E-state index in [9.17, 15) is 0 Å². The molecule has 1 aliphatic rings. The molecule has 2 N–H and O–H groups in total. The van der Waals surface area contributed by atoms with Crippen molar-refractivity contribution in [3.8, 4) is 0 Å². The van der Waals surface area contributed by atoms with Gasteiger partial charge in [-0.1, -0.05) is 30.8 Å².